The summed E-state index contributed by atoms with van der Waals surface area (Å²) in [6, 6.07) is 5.22. The van der Waals surface area contributed by atoms with E-state index in [1.54, 1.807) is 12.1 Å². The zero-order valence-electron chi connectivity index (χ0n) is 8.99. The predicted octanol–water partition coefficient (Wildman–Crippen LogP) is 0.960. The normalized spacial score (nSPS) is 9.65. The van der Waals surface area contributed by atoms with Gasteiger partial charge in [-0.1, -0.05) is 0 Å². The molecule has 6 nitrogen and oxygen atoms in total. The van der Waals surface area contributed by atoms with Crippen LogP contribution in [0.4, 0.5) is 0 Å². The second-order valence-corrected chi connectivity index (χ2v) is 3.18. The molecule has 0 unspecified atom stereocenters. The summed E-state index contributed by atoms with van der Waals surface area (Å²) >= 11 is 0. The SMILES string of the molecule is COc1nn(-c2ccc(C=O)cn2)cc1C#N. The van der Waals surface area contributed by atoms with Crippen molar-refractivity contribution < 1.29 is 9.53 Å². The minimum absolute atomic E-state index is 0.244. The minimum Gasteiger partial charge on any atom is -0.479 e. The molecule has 6 heteroatoms. The second kappa shape index (κ2) is 4.45. The number of hydrogen-bond donors (Lipinski definition) is 0. The molecule has 17 heavy (non-hydrogen) atoms. The van der Waals surface area contributed by atoms with E-state index in [-0.39, 0.29) is 5.88 Å². The van der Waals surface area contributed by atoms with E-state index in [9.17, 15) is 4.79 Å². The fourth-order valence-electron chi connectivity index (χ4n) is 1.31. The van der Waals surface area contributed by atoms with Gasteiger partial charge in [0.15, 0.2) is 12.1 Å². The van der Waals surface area contributed by atoms with Crippen molar-refractivity contribution >= 4 is 6.29 Å². The fraction of sp³-hybridized carbons (Fsp3) is 0.0909. The van der Waals surface area contributed by atoms with Gasteiger partial charge in [0.25, 0.3) is 5.88 Å². The number of ether oxygens (including phenoxy) is 1. The molecule has 0 radical (unpaired) electrons. The Morgan fingerprint density at radius 2 is 2.35 bits per heavy atom. The maximum atomic E-state index is 10.5. The fourth-order valence-corrected chi connectivity index (χ4v) is 1.31. The monoisotopic (exact) mass is 228 g/mol. The molecule has 2 heterocycles. The second-order valence-electron chi connectivity index (χ2n) is 3.18. The standard InChI is InChI=1S/C11H8N4O2/c1-17-11-9(4-12)6-15(14-11)10-3-2-8(7-16)5-13-10/h2-3,5-7H,1H3. The van der Waals surface area contributed by atoms with E-state index in [2.05, 4.69) is 10.1 Å². The number of hydrogen-bond acceptors (Lipinski definition) is 5. The number of aldehydes is 1. The Balaban J connectivity index is 2.42. The maximum Gasteiger partial charge on any atom is 0.251 e. The van der Waals surface area contributed by atoms with Crippen molar-refractivity contribution in [1.82, 2.24) is 14.8 Å². The van der Waals surface area contributed by atoms with Crippen LogP contribution >= 0.6 is 0 Å². The number of pyridine rings is 1. The predicted molar refractivity (Wildman–Crippen MR) is 58.0 cm³/mol. The lowest BCUT2D eigenvalue weighted by molar-refractivity contribution is 0.112. The van der Waals surface area contributed by atoms with Gasteiger partial charge in [-0.25, -0.2) is 9.67 Å². The van der Waals surface area contributed by atoms with Crippen molar-refractivity contribution in [3.05, 3.63) is 35.7 Å². The van der Waals surface area contributed by atoms with E-state index in [0.29, 0.717) is 23.2 Å². The number of carbonyl (C=O) groups excluding carboxylic acids is 1. The summed E-state index contributed by atoms with van der Waals surface area (Å²) in [6.07, 6.45) is 3.66. The molecular formula is C11H8N4O2. The van der Waals surface area contributed by atoms with Crippen LogP contribution < -0.4 is 4.74 Å². The zero-order valence-corrected chi connectivity index (χ0v) is 8.99. The van der Waals surface area contributed by atoms with Gasteiger partial charge in [-0.05, 0) is 12.1 Å². The van der Waals surface area contributed by atoms with Gasteiger partial charge in [0.2, 0.25) is 0 Å². The molecule has 84 valence electrons. The summed E-state index contributed by atoms with van der Waals surface area (Å²) in [5.41, 5.74) is 0.808. The molecule has 2 aromatic heterocycles. The summed E-state index contributed by atoms with van der Waals surface area (Å²) in [5.74, 6) is 0.754. The molecule has 0 amide bonds. The average Bonchev–Trinajstić information content (AvgIpc) is 2.82. The Hall–Kier alpha value is -2.68. The summed E-state index contributed by atoms with van der Waals surface area (Å²) in [4.78, 5) is 14.5. The quantitative estimate of drug-likeness (QED) is 0.731. The number of aromatic nitrogens is 3. The van der Waals surface area contributed by atoms with Crippen LogP contribution in [0.15, 0.2) is 24.5 Å². The average molecular weight is 228 g/mol. The van der Waals surface area contributed by atoms with Gasteiger partial charge < -0.3 is 4.74 Å². The largest absolute Gasteiger partial charge is 0.479 e. The molecule has 0 aromatic carbocycles. The minimum atomic E-state index is 0.244. The van der Waals surface area contributed by atoms with E-state index in [4.69, 9.17) is 10.00 Å². The van der Waals surface area contributed by atoms with Crippen molar-refractivity contribution in [2.75, 3.05) is 7.11 Å². The first kappa shape index (κ1) is 10.8. The molecule has 0 aliphatic carbocycles. The third-order valence-electron chi connectivity index (χ3n) is 2.14. The van der Waals surface area contributed by atoms with Crippen molar-refractivity contribution in [3.63, 3.8) is 0 Å². The highest BCUT2D eigenvalue weighted by molar-refractivity contribution is 5.74. The summed E-state index contributed by atoms with van der Waals surface area (Å²) in [6.45, 7) is 0. The Kier molecular flexibility index (Phi) is 2.83. The van der Waals surface area contributed by atoms with Gasteiger partial charge in [-0.3, -0.25) is 4.79 Å². The van der Waals surface area contributed by atoms with Gasteiger partial charge in [-0.15, -0.1) is 5.10 Å². The highest BCUT2D eigenvalue weighted by Gasteiger charge is 2.10. The van der Waals surface area contributed by atoms with Crippen molar-refractivity contribution in [1.29, 1.82) is 5.26 Å². The molecule has 0 atom stereocenters. The van der Waals surface area contributed by atoms with E-state index in [1.807, 2.05) is 6.07 Å². The van der Waals surface area contributed by atoms with Crippen LogP contribution in [0.5, 0.6) is 5.88 Å². The van der Waals surface area contributed by atoms with Crippen LogP contribution in [0.3, 0.4) is 0 Å². The Morgan fingerprint density at radius 1 is 1.53 bits per heavy atom. The first-order chi connectivity index (χ1) is 8.28. The lowest BCUT2D eigenvalue weighted by Gasteiger charge is -1.99. The van der Waals surface area contributed by atoms with Gasteiger partial charge in [-0.2, -0.15) is 5.26 Å². The van der Waals surface area contributed by atoms with Crippen LogP contribution in [0, 0.1) is 11.3 Å². The van der Waals surface area contributed by atoms with Crippen LogP contribution in [0.2, 0.25) is 0 Å². The van der Waals surface area contributed by atoms with Crippen molar-refractivity contribution in [2.45, 2.75) is 0 Å². The number of methoxy groups -OCH3 is 1. The van der Waals surface area contributed by atoms with Crippen LogP contribution in [0.25, 0.3) is 5.82 Å². The van der Waals surface area contributed by atoms with Gasteiger partial charge in [0, 0.05) is 11.8 Å². The number of nitriles is 1. The number of rotatable bonds is 3. The first-order valence-electron chi connectivity index (χ1n) is 4.74. The van der Waals surface area contributed by atoms with Gasteiger partial charge >= 0.3 is 0 Å². The Morgan fingerprint density at radius 3 is 2.82 bits per heavy atom. The molecule has 0 aliphatic heterocycles. The Bertz CT molecular complexity index is 581. The molecule has 2 rings (SSSR count). The van der Waals surface area contributed by atoms with Crippen LogP contribution in [0.1, 0.15) is 15.9 Å². The molecule has 2 aromatic rings. The van der Waals surface area contributed by atoms with E-state index >= 15 is 0 Å². The van der Waals surface area contributed by atoms with Crippen molar-refractivity contribution in [2.24, 2.45) is 0 Å². The van der Waals surface area contributed by atoms with E-state index in [1.165, 1.54) is 24.2 Å². The van der Waals surface area contributed by atoms with Gasteiger partial charge in [0.1, 0.15) is 11.6 Å². The summed E-state index contributed by atoms with van der Waals surface area (Å²) < 4.78 is 6.37. The third kappa shape index (κ3) is 1.99. The van der Waals surface area contributed by atoms with Gasteiger partial charge in [0.05, 0.1) is 13.3 Å². The van der Waals surface area contributed by atoms with Crippen molar-refractivity contribution in [3.8, 4) is 17.8 Å². The molecule has 0 saturated heterocycles. The molecule has 0 aliphatic rings. The number of nitrogens with zero attached hydrogens (tertiary/aromatic N) is 4. The molecule has 0 fully saturated rings. The van der Waals surface area contributed by atoms with Crippen LogP contribution in [-0.4, -0.2) is 28.2 Å². The molecule has 0 spiro atoms. The number of carbonyl (C=O) groups is 1. The maximum absolute atomic E-state index is 10.5. The summed E-state index contributed by atoms with van der Waals surface area (Å²) in [7, 11) is 1.44. The lowest BCUT2D eigenvalue weighted by atomic mass is 10.3. The van der Waals surface area contributed by atoms with Crippen LogP contribution in [-0.2, 0) is 0 Å². The Labute approximate surface area is 97.1 Å². The van der Waals surface area contributed by atoms with E-state index < -0.39 is 0 Å². The molecule has 0 bridgehead atoms. The molecular weight excluding hydrogens is 220 g/mol. The molecule has 0 N–H and O–H groups in total. The summed E-state index contributed by atoms with van der Waals surface area (Å²) in [5, 5.41) is 12.9. The van der Waals surface area contributed by atoms with E-state index in [0.717, 1.165) is 0 Å². The first-order valence-corrected chi connectivity index (χ1v) is 4.74. The molecule has 0 saturated carbocycles. The highest BCUT2D eigenvalue weighted by Crippen LogP contribution is 2.16. The topological polar surface area (TPSA) is 80.8 Å². The lowest BCUT2D eigenvalue weighted by Crippen LogP contribution is -1.98. The zero-order chi connectivity index (χ0) is 12.3. The smallest absolute Gasteiger partial charge is 0.251 e. The highest BCUT2D eigenvalue weighted by atomic mass is 16.5. The third-order valence-corrected chi connectivity index (χ3v) is 2.14.